The molecule has 2 rings (SSSR count). The zero-order valence-corrected chi connectivity index (χ0v) is 14.7. The molecule has 1 aromatic heterocycles. The first-order valence-electron chi connectivity index (χ1n) is 7.93. The molecule has 2 aromatic rings. The molecule has 0 amide bonds. The third kappa shape index (κ3) is 5.19. The monoisotopic (exact) mass is 373 g/mol. The molecule has 0 aliphatic rings. The molecule has 1 N–H and O–H groups in total. The molecule has 9 heteroatoms. The average Bonchev–Trinajstić information content (AvgIpc) is 2.56. The number of hydrogen-bond donors (Lipinski definition) is 1. The molecule has 0 aliphatic heterocycles. The maximum absolute atomic E-state index is 12.9. The number of nitrogens with one attached hydrogen (secondary N) is 1. The highest BCUT2D eigenvalue weighted by molar-refractivity contribution is 6.33. The van der Waals surface area contributed by atoms with Crippen LogP contribution in [-0.4, -0.2) is 28.3 Å². The number of hydrogen-bond acceptors (Lipinski definition) is 5. The summed E-state index contributed by atoms with van der Waals surface area (Å²) in [6.07, 6.45) is -1.27. The molecule has 0 saturated heterocycles. The number of rotatable bonds is 7. The third-order valence-electron chi connectivity index (χ3n) is 3.37. The fourth-order valence-corrected chi connectivity index (χ4v) is 2.44. The highest BCUT2D eigenvalue weighted by atomic mass is 35.5. The molecule has 5 nitrogen and oxygen atoms in total. The largest absolute Gasteiger partial charge is 0.416 e. The van der Waals surface area contributed by atoms with Gasteiger partial charge in [-0.1, -0.05) is 25.4 Å². The second kappa shape index (κ2) is 8.33. The highest BCUT2D eigenvalue weighted by Gasteiger charge is 2.31. The van der Waals surface area contributed by atoms with Gasteiger partial charge in [0.1, 0.15) is 0 Å². The van der Waals surface area contributed by atoms with Gasteiger partial charge in [-0.2, -0.15) is 23.3 Å². The number of aromatic nitrogens is 3. The Kier molecular flexibility index (Phi) is 6.41. The van der Waals surface area contributed by atoms with Gasteiger partial charge >= 0.3 is 6.18 Å². The van der Waals surface area contributed by atoms with Crippen LogP contribution in [0.15, 0.2) is 24.4 Å². The van der Waals surface area contributed by atoms with E-state index < -0.39 is 11.7 Å². The van der Waals surface area contributed by atoms with Gasteiger partial charge in [-0.05, 0) is 31.0 Å². The molecule has 0 aliphatic carbocycles. The fraction of sp³-hybridized carbons (Fsp3) is 0.438. The Morgan fingerprint density at radius 2 is 1.84 bits per heavy atom. The molecule has 25 heavy (non-hydrogen) atoms. The molecule has 1 aromatic carbocycles. The SMILES string of the molecule is CCCN(CCC)c1nncc(Nc2cc(C(F)(F)F)ccc2Cl)n1. The smallest absolute Gasteiger partial charge is 0.339 e. The molecule has 136 valence electrons. The van der Waals surface area contributed by atoms with Crippen molar-refractivity contribution in [1.82, 2.24) is 15.2 Å². The highest BCUT2D eigenvalue weighted by Crippen LogP contribution is 2.34. The molecular formula is C16H19ClF3N5. The lowest BCUT2D eigenvalue weighted by Gasteiger charge is -2.21. The third-order valence-corrected chi connectivity index (χ3v) is 3.70. The predicted molar refractivity (Wildman–Crippen MR) is 92.4 cm³/mol. The second-order valence-electron chi connectivity index (χ2n) is 5.45. The first kappa shape index (κ1) is 19.2. The molecule has 0 atom stereocenters. The fourth-order valence-electron chi connectivity index (χ4n) is 2.28. The Labute approximate surface area is 149 Å². The van der Waals surface area contributed by atoms with Crippen molar-refractivity contribution in [3.8, 4) is 0 Å². The van der Waals surface area contributed by atoms with Crippen LogP contribution < -0.4 is 10.2 Å². The summed E-state index contributed by atoms with van der Waals surface area (Å²) in [7, 11) is 0. The standard InChI is InChI=1S/C16H19ClF3N5/c1-3-7-25(8-4-2)15-23-14(10-21-24-15)22-13-9-11(16(18,19)20)5-6-12(13)17/h5-6,9-10H,3-4,7-8H2,1-2H3,(H,22,23,24). The van der Waals surface area contributed by atoms with E-state index in [0.29, 0.717) is 5.95 Å². The van der Waals surface area contributed by atoms with Crippen LogP contribution in [-0.2, 0) is 6.18 Å². The van der Waals surface area contributed by atoms with E-state index >= 15 is 0 Å². The van der Waals surface area contributed by atoms with Crippen molar-refractivity contribution in [2.45, 2.75) is 32.9 Å². The lowest BCUT2D eigenvalue weighted by molar-refractivity contribution is -0.137. The topological polar surface area (TPSA) is 53.9 Å². The van der Waals surface area contributed by atoms with Gasteiger partial charge in [-0.25, -0.2) is 0 Å². The summed E-state index contributed by atoms with van der Waals surface area (Å²) in [4.78, 5) is 6.32. The van der Waals surface area contributed by atoms with Gasteiger partial charge in [0.15, 0.2) is 5.82 Å². The van der Waals surface area contributed by atoms with Crippen molar-refractivity contribution < 1.29 is 13.2 Å². The Morgan fingerprint density at radius 1 is 1.16 bits per heavy atom. The Bertz CT molecular complexity index is 702. The van der Waals surface area contributed by atoms with Crippen LogP contribution in [0, 0.1) is 0 Å². The van der Waals surface area contributed by atoms with Gasteiger partial charge in [-0.15, -0.1) is 5.10 Å². The summed E-state index contributed by atoms with van der Waals surface area (Å²) < 4.78 is 38.6. The van der Waals surface area contributed by atoms with Crippen molar-refractivity contribution in [2.75, 3.05) is 23.3 Å². The van der Waals surface area contributed by atoms with Crippen LogP contribution in [0.25, 0.3) is 0 Å². The number of halogens is 4. The normalized spacial score (nSPS) is 11.4. The van der Waals surface area contributed by atoms with Crippen molar-refractivity contribution in [1.29, 1.82) is 0 Å². The molecule has 0 saturated carbocycles. The molecule has 0 radical (unpaired) electrons. The van der Waals surface area contributed by atoms with Crippen molar-refractivity contribution in [3.05, 3.63) is 35.0 Å². The van der Waals surface area contributed by atoms with Crippen LogP contribution in [0.5, 0.6) is 0 Å². The quantitative estimate of drug-likeness (QED) is 0.747. The maximum Gasteiger partial charge on any atom is 0.416 e. The van der Waals surface area contributed by atoms with Gasteiger partial charge < -0.3 is 10.2 Å². The molecule has 0 unspecified atom stereocenters. The van der Waals surface area contributed by atoms with E-state index in [0.717, 1.165) is 38.1 Å². The summed E-state index contributed by atoms with van der Waals surface area (Å²) in [6.45, 7) is 5.62. The van der Waals surface area contributed by atoms with E-state index in [1.807, 2.05) is 18.7 Å². The van der Waals surface area contributed by atoms with E-state index in [9.17, 15) is 13.2 Å². The summed E-state index contributed by atoms with van der Waals surface area (Å²) in [5.74, 6) is 0.709. The molecular weight excluding hydrogens is 355 g/mol. The van der Waals surface area contributed by atoms with E-state index in [2.05, 4.69) is 20.5 Å². The average molecular weight is 374 g/mol. The van der Waals surface area contributed by atoms with Crippen LogP contribution >= 0.6 is 11.6 Å². The second-order valence-corrected chi connectivity index (χ2v) is 5.85. The number of anilines is 3. The molecule has 0 spiro atoms. The summed E-state index contributed by atoms with van der Waals surface area (Å²) in [5.41, 5.74) is -0.680. The van der Waals surface area contributed by atoms with Gasteiger partial charge in [-0.3, -0.25) is 0 Å². The van der Waals surface area contributed by atoms with Crippen LogP contribution in [0.1, 0.15) is 32.3 Å². The molecule has 1 heterocycles. The Balaban J connectivity index is 2.27. The van der Waals surface area contributed by atoms with Crippen molar-refractivity contribution in [2.24, 2.45) is 0 Å². The van der Waals surface area contributed by atoms with E-state index in [1.54, 1.807) is 0 Å². The van der Waals surface area contributed by atoms with Crippen LogP contribution in [0.4, 0.5) is 30.6 Å². The first-order valence-corrected chi connectivity index (χ1v) is 8.31. The van der Waals surface area contributed by atoms with Gasteiger partial charge in [0.2, 0.25) is 5.95 Å². The summed E-state index contributed by atoms with van der Waals surface area (Å²) in [5, 5.41) is 10.8. The zero-order valence-electron chi connectivity index (χ0n) is 13.9. The van der Waals surface area contributed by atoms with Crippen LogP contribution in [0.3, 0.4) is 0 Å². The van der Waals surface area contributed by atoms with Gasteiger partial charge in [0, 0.05) is 13.1 Å². The first-order chi connectivity index (χ1) is 11.8. The summed E-state index contributed by atoms with van der Waals surface area (Å²) in [6, 6.07) is 3.07. The van der Waals surface area contributed by atoms with Crippen LogP contribution in [0.2, 0.25) is 5.02 Å². The van der Waals surface area contributed by atoms with E-state index in [4.69, 9.17) is 11.6 Å². The lowest BCUT2D eigenvalue weighted by Crippen LogP contribution is -2.27. The summed E-state index contributed by atoms with van der Waals surface area (Å²) >= 11 is 5.99. The minimum atomic E-state index is -4.45. The lowest BCUT2D eigenvalue weighted by atomic mass is 10.2. The molecule has 0 bridgehead atoms. The predicted octanol–water partition coefficient (Wildman–Crippen LogP) is 4.91. The van der Waals surface area contributed by atoms with Crippen molar-refractivity contribution >= 4 is 29.1 Å². The minimum Gasteiger partial charge on any atom is -0.339 e. The minimum absolute atomic E-state index is 0.112. The number of nitrogens with zero attached hydrogens (tertiary/aromatic N) is 4. The Morgan fingerprint density at radius 3 is 2.44 bits per heavy atom. The van der Waals surface area contributed by atoms with Gasteiger partial charge in [0.25, 0.3) is 0 Å². The van der Waals surface area contributed by atoms with Gasteiger partial charge in [0.05, 0.1) is 22.5 Å². The van der Waals surface area contributed by atoms with E-state index in [1.165, 1.54) is 12.3 Å². The number of benzene rings is 1. The number of alkyl halides is 3. The maximum atomic E-state index is 12.9. The zero-order chi connectivity index (χ0) is 18.4. The molecule has 0 fully saturated rings. The van der Waals surface area contributed by atoms with Crippen molar-refractivity contribution in [3.63, 3.8) is 0 Å². The Hall–Kier alpha value is -2.09. The van der Waals surface area contributed by atoms with E-state index in [-0.39, 0.29) is 16.5 Å².